The summed E-state index contributed by atoms with van der Waals surface area (Å²) < 4.78 is 31.9. The molecule has 0 amide bonds. The Balaban J connectivity index is 2.10. The summed E-state index contributed by atoms with van der Waals surface area (Å²) in [5.41, 5.74) is 1.23. The molecule has 2 rings (SSSR count). The number of carboxylic acids is 1. The molecule has 0 aliphatic rings. The molecule has 1 aromatic carbocycles. The van der Waals surface area contributed by atoms with Crippen molar-refractivity contribution < 1.29 is 27.9 Å². The molecule has 0 saturated carbocycles. The number of nitrogens with one attached hydrogen (secondary N) is 1. The molecule has 0 fully saturated rings. The lowest BCUT2D eigenvalue weighted by Crippen LogP contribution is -2.40. The van der Waals surface area contributed by atoms with Crippen molar-refractivity contribution in [3.05, 3.63) is 45.6 Å². The number of carbonyl (C=O) groups is 2. The molecule has 2 N–H and O–H groups in total. The molecule has 1 aromatic heterocycles. The molecule has 134 valence electrons. The van der Waals surface area contributed by atoms with Crippen LogP contribution in [-0.2, 0) is 14.8 Å². The summed E-state index contributed by atoms with van der Waals surface area (Å²) in [5, 5.41) is 10.4. The minimum absolute atomic E-state index is 0.0395. The maximum absolute atomic E-state index is 12.3. The van der Waals surface area contributed by atoms with Crippen molar-refractivity contribution in [1.29, 1.82) is 0 Å². The number of hydrogen-bond donors (Lipinski definition) is 2. The molecule has 0 saturated heterocycles. The standard InChI is InChI=1S/C16H17NO6S2/c1-9-4-6-12(7-5-9)25(21,22)17-11(3)16(20)23-13-8-24-14(10(13)2)15(18)19/h4-8,11,17H,1-3H3,(H,18,19). The first-order valence-electron chi connectivity index (χ1n) is 7.24. The molecule has 0 radical (unpaired) electrons. The average Bonchev–Trinajstić information content (AvgIpc) is 2.88. The largest absolute Gasteiger partial charge is 0.477 e. The number of esters is 1. The summed E-state index contributed by atoms with van der Waals surface area (Å²) in [4.78, 5) is 23.2. The van der Waals surface area contributed by atoms with E-state index < -0.39 is 28.0 Å². The summed E-state index contributed by atoms with van der Waals surface area (Å²) in [6, 6.07) is 5.05. The van der Waals surface area contributed by atoms with Gasteiger partial charge in [0.25, 0.3) is 0 Å². The summed E-state index contributed by atoms with van der Waals surface area (Å²) in [7, 11) is -3.87. The van der Waals surface area contributed by atoms with E-state index in [1.54, 1.807) is 12.1 Å². The minimum atomic E-state index is -3.87. The van der Waals surface area contributed by atoms with Gasteiger partial charge < -0.3 is 9.84 Å². The van der Waals surface area contributed by atoms with Gasteiger partial charge in [-0.15, -0.1) is 11.3 Å². The van der Waals surface area contributed by atoms with E-state index in [1.165, 1.54) is 31.4 Å². The van der Waals surface area contributed by atoms with Crippen molar-refractivity contribution in [3.63, 3.8) is 0 Å². The Bertz CT molecular complexity index is 899. The van der Waals surface area contributed by atoms with E-state index in [0.717, 1.165) is 16.9 Å². The fourth-order valence-corrected chi connectivity index (χ4v) is 4.00. The Labute approximate surface area is 149 Å². The first kappa shape index (κ1) is 19.1. The van der Waals surface area contributed by atoms with E-state index in [9.17, 15) is 18.0 Å². The van der Waals surface area contributed by atoms with Crippen LogP contribution in [0.4, 0.5) is 0 Å². The Morgan fingerprint density at radius 3 is 2.32 bits per heavy atom. The van der Waals surface area contributed by atoms with Crippen LogP contribution in [0.25, 0.3) is 0 Å². The molecule has 1 heterocycles. The molecule has 0 spiro atoms. The van der Waals surface area contributed by atoms with Crippen LogP contribution >= 0.6 is 11.3 Å². The lowest BCUT2D eigenvalue weighted by Gasteiger charge is -2.13. The monoisotopic (exact) mass is 383 g/mol. The number of sulfonamides is 1. The van der Waals surface area contributed by atoms with E-state index >= 15 is 0 Å². The van der Waals surface area contributed by atoms with Crippen molar-refractivity contribution in [3.8, 4) is 5.75 Å². The fourth-order valence-electron chi connectivity index (χ4n) is 1.98. The number of aryl methyl sites for hydroxylation is 1. The number of hydrogen-bond acceptors (Lipinski definition) is 6. The van der Waals surface area contributed by atoms with E-state index in [1.807, 2.05) is 6.92 Å². The Morgan fingerprint density at radius 1 is 1.20 bits per heavy atom. The molecule has 2 aromatic rings. The fraction of sp³-hybridized carbons (Fsp3) is 0.250. The van der Waals surface area contributed by atoms with Crippen LogP contribution in [-0.4, -0.2) is 31.5 Å². The lowest BCUT2D eigenvalue weighted by molar-refractivity contribution is -0.135. The van der Waals surface area contributed by atoms with Crippen molar-refractivity contribution in [2.24, 2.45) is 0 Å². The summed E-state index contributed by atoms with van der Waals surface area (Å²) in [5.74, 6) is -1.83. The summed E-state index contributed by atoms with van der Waals surface area (Å²) >= 11 is 0.934. The highest BCUT2D eigenvalue weighted by molar-refractivity contribution is 7.89. The smallest absolute Gasteiger partial charge is 0.346 e. The van der Waals surface area contributed by atoms with Crippen LogP contribution in [0.3, 0.4) is 0 Å². The molecule has 25 heavy (non-hydrogen) atoms. The molecular weight excluding hydrogens is 366 g/mol. The number of ether oxygens (including phenoxy) is 1. The second kappa shape index (κ2) is 7.34. The molecule has 0 aliphatic heterocycles. The van der Waals surface area contributed by atoms with Gasteiger partial charge in [-0.3, -0.25) is 0 Å². The number of benzene rings is 1. The third-order valence-electron chi connectivity index (χ3n) is 3.42. The maximum atomic E-state index is 12.3. The number of rotatable bonds is 6. The van der Waals surface area contributed by atoms with Gasteiger partial charge in [-0.1, -0.05) is 17.7 Å². The van der Waals surface area contributed by atoms with E-state index in [-0.39, 0.29) is 15.5 Å². The van der Waals surface area contributed by atoms with Gasteiger partial charge in [-0.05, 0) is 32.9 Å². The highest BCUT2D eigenvalue weighted by Crippen LogP contribution is 2.28. The van der Waals surface area contributed by atoms with Crippen molar-refractivity contribution >= 4 is 33.3 Å². The zero-order chi connectivity index (χ0) is 18.8. The molecule has 0 bridgehead atoms. The second-order valence-electron chi connectivity index (χ2n) is 5.44. The van der Waals surface area contributed by atoms with Gasteiger partial charge in [0.2, 0.25) is 10.0 Å². The predicted molar refractivity (Wildman–Crippen MR) is 92.6 cm³/mol. The number of aromatic carboxylic acids is 1. The van der Waals surface area contributed by atoms with Gasteiger partial charge in [0.15, 0.2) is 0 Å². The number of carboxylic acid groups (broad SMARTS) is 1. The van der Waals surface area contributed by atoms with E-state index in [4.69, 9.17) is 9.84 Å². The maximum Gasteiger partial charge on any atom is 0.346 e. The van der Waals surface area contributed by atoms with Crippen LogP contribution in [0.2, 0.25) is 0 Å². The first-order chi connectivity index (χ1) is 11.6. The van der Waals surface area contributed by atoms with Crippen LogP contribution in [0.5, 0.6) is 5.75 Å². The van der Waals surface area contributed by atoms with Crippen LogP contribution in [0.1, 0.15) is 27.7 Å². The molecule has 0 aliphatic carbocycles. The van der Waals surface area contributed by atoms with Gasteiger partial charge >= 0.3 is 11.9 Å². The van der Waals surface area contributed by atoms with Crippen molar-refractivity contribution in [2.45, 2.75) is 31.7 Å². The van der Waals surface area contributed by atoms with Crippen molar-refractivity contribution in [2.75, 3.05) is 0 Å². The van der Waals surface area contributed by atoms with Crippen LogP contribution in [0.15, 0.2) is 34.5 Å². The number of thiophene rings is 1. The van der Waals surface area contributed by atoms with Crippen LogP contribution < -0.4 is 9.46 Å². The molecule has 7 nitrogen and oxygen atoms in total. The SMILES string of the molecule is Cc1ccc(S(=O)(=O)NC(C)C(=O)Oc2csc(C(=O)O)c2C)cc1. The molecule has 9 heteroatoms. The third kappa shape index (κ3) is 4.44. The zero-order valence-corrected chi connectivity index (χ0v) is 15.4. The molecule has 1 unspecified atom stereocenters. The van der Waals surface area contributed by atoms with Gasteiger partial charge in [0.05, 0.1) is 4.90 Å². The quantitative estimate of drug-likeness (QED) is 0.741. The van der Waals surface area contributed by atoms with Gasteiger partial charge in [-0.25, -0.2) is 18.0 Å². The van der Waals surface area contributed by atoms with Crippen LogP contribution in [0, 0.1) is 13.8 Å². The average molecular weight is 383 g/mol. The van der Waals surface area contributed by atoms with Gasteiger partial charge in [0, 0.05) is 10.9 Å². The van der Waals surface area contributed by atoms with Gasteiger partial charge in [0.1, 0.15) is 16.7 Å². The Morgan fingerprint density at radius 2 is 1.80 bits per heavy atom. The number of carbonyl (C=O) groups excluding carboxylic acids is 1. The van der Waals surface area contributed by atoms with Crippen molar-refractivity contribution in [1.82, 2.24) is 4.72 Å². The van der Waals surface area contributed by atoms with Gasteiger partial charge in [-0.2, -0.15) is 4.72 Å². The predicted octanol–water partition coefficient (Wildman–Crippen LogP) is 2.34. The first-order valence-corrected chi connectivity index (χ1v) is 9.60. The summed E-state index contributed by atoms with van der Waals surface area (Å²) in [6.07, 6.45) is 0. The highest BCUT2D eigenvalue weighted by Gasteiger charge is 2.25. The highest BCUT2D eigenvalue weighted by atomic mass is 32.2. The van der Waals surface area contributed by atoms with E-state index in [0.29, 0.717) is 5.56 Å². The Hall–Kier alpha value is -2.23. The normalized spacial score (nSPS) is 12.6. The third-order valence-corrected chi connectivity index (χ3v) is 6.02. The topological polar surface area (TPSA) is 110 Å². The summed E-state index contributed by atoms with van der Waals surface area (Å²) in [6.45, 7) is 4.70. The lowest BCUT2D eigenvalue weighted by atomic mass is 10.2. The van der Waals surface area contributed by atoms with E-state index in [2.05, 4.69) is 4.72 Å². The second-order valence-corrected chi connectivity index (χ2v) is 8.03. The molecular formula is C16H17NO6S2. The molecule has 1 atom stereocenters. The Kier molecular flexibility index (Phi) is 5.61. The minimum Gasteiger partial charge on any atom is -0.477 e. The zero-order valence-electron chi connectivity index (χ0n) is 13.8.